The highest BCUT2D eigenvalue weighted by molar-refractivity contribution is 8.18. The highest BCUT2D eigenvalue weighted by atomic mass is 35.5. The minimum Gasteiger partial charge on any atom is -0.490 e. The topological polar surface area (TPSA) is 55.8 Å². The van der Waals surface area contributed by atoms with Crippen LogP contribution in [-0.2, 0) is 11.4 Å². The second-order valence-electron chi connectivity index (χ2n) is 7.18. The zero-order chi connectivity index (χ0) is 24.1. The van der Waals surface area contributed by atoms with E-state index in [4.69, 9.17) is 44.3 Å². The number of nitrogens with zero attached hydrogens (tertiary/aromatic N) is 1. The van der Waals surface area contributed by atoms with Crippen LogP contribution in [0.5, 0.6) is 11.5 Å². The number of ether oxygens (including phenoxy) is 2. The Kier molecular flexibility index (Phi) is 8.06. The van der Waals surface area contributed by atoms with Gasteiger partial charge in [-0.3, -0.25) is 14.5 Å². The molecule has 174 valence electrons. The van der Waals surface area contributed by atoms with Gasteiger partial charge in [-0.25, -0.2) is 0 Å². The normalized spacial score (nSPS) is 14.7. The number of thioether (sulfide) groups is 1. The molecule has 9 heteroatoms. The molecule has 34 heavy (non-hydrogen) atoms. The molecule has 1 aliphatic rings. The van der Waals surface area contributed by atoms with Gasteiger partial charge < -0.3 is 9.47 Å². The first-order valence-electron chi connectivity index (χ1n) is 10.2. The van der Waals surface area contributed by atoms with E-state index in [9.17, 15) is 9.59 Å². The van der Waals surface area contributed by atoms with Crippen molar-refractivity contribution in [3.8, 4) is 11.5 Å². The van der Waals surface area contributed by atoms with Gasteiger partial charge in [0.1, 0.15) is 24.7 Å². The van der Waals surface area contributed by atoms with E-state index in [2.05, 4.69) is 0 Å². The van der Waals surface area contributed by atoms with Crippen LogP contribution in [0.2, 0.25) is 15.1 Å². The number of hydrogen-bond donors (Lipinski definition) is 0. The van der Waals surface area contributed by atoms with Crippen LogP contribution in [0.15, 0.2) is 71.6 Å². The van der Waals surface area contributed by atoms with E-state index in [0.29, 0.717) is 37.0 Å². The molecule has 3 aromatic rings. The second kappa shape index (κ2) is 11.2. The molecule has 1 saturated heterocycles. The van der Waals surface area contributed by atoms with E-state index in [-0.39, 0.29) is 30.9 Å². The van der Waals surface area contributed by atoms with Gasteiger partial charge in [0.25, 0.3) is 11.1 Å². The monoisotopic (exact) mass is 533 g/mol. The van der Waals surface area contributed by atoms with E-state index in [0.717, 1.165) is 22.2 Å². The molecule has 2 amide bonds. The predicted octanol–water partition coefficient (Wildman–Crippen LogP) is 7.34. The number of benzene rings is 3. The van der Waals surface area contributed by atoms with Gasteiger partial charge in [-0.2, -0.15) is 0 Å². The fraction of sp³-hybridized carbons (Fsp3) is 0.120. The Morgan fingerprint density at radius 1 is 0.824 bits per heavy atom. The van der Waals surface area contributed by atoms with Crippen LogP contribution in [0, 0.1) is 0 Å². The maximum atomic E-state index is 12.7. The Bertz CT molecular complexity index is 1260. The van der Waals surface area contributed by atoms with Gasteiger partial charge in [0.15, 0.2) is 0 Å². The van der Waals surface area contributed by atoms with Crippen LogP contribution < -0.4 is 9.47 Å². The minimum absolute atomic E-state index is 0.114. The van der Waals surface area contributed by atoms with Crippen molar-refractivity contribution in [2.75, 3.05) is 13.2 Å². The Balaban J connectivity index is 1.38. The van der Waals surface area contributed by atoms with Gasteiger partial charge in [-0.15, -0.1) is 0 Å². The minimum atomic E-state index is -0.382. The van der Waals surface area contributed by atoms with Crippen molar-refractivity contribution in [3.63, 3.8) is 0 Å². The number of carbonyl (C=O) groups is 2. The predicted molar refractivity (Wildman–Crippen MR) is 137 cm³/mol. The third-order valence-corrected chi connectivity index (χ3v) is 6.76. The molecule has 1 aliphatic heterocycles. The summed E-state index contributed by atoms with van der Waals surface area (Å²) in [4.78, 5) is 26.5. The zero-order valence-corrected chi connectivity index (χ0v) is 20.8. The molecule has 4 rings (SSSR count). The number of rotatable bonds is 8. The molecule has 1 heterocycles. The Morgan fingerprint density at radius 2 is 1.53 bits per heavy atom. The smallest absolute Gasteiger partial charge is 0.293 e. The molecule has 0 bridgehead atoms. The molecular formula is C25H18Cl3NO4S. The summed E-state index contributed by atoms with van der Waals surface area (Å²) in [5.41, 5.74) is 1.52. The molecular weight excluding hydrogens is 517 g/mol. The van der Waals surface area contributed by atoms with Crippen LogP contribution in [0.3, 0.4) is 0 Å². The van der Waals surface area contributed by atoms with Gasteiger partial charge in [-0.05, 0) is 53.7 Å². The lowest BCUT2D eigenvalue weighted by Gasteiger charge is -2.13. The lowest BCUT2D eigenvalue weighted by molar-refractivity contribution is -0.123. The summed E-state index contributed by atoms with van der Waals surface area (Å²) in [6.45, 7) is 0.523. The van der Waals surface area contributed by atoms with Crippen LogP contribution in [0.25, 0.3) is 6.08 Å². The lowest BCUT2D eigenvalue weighted by Crippen LogP contribution is -2.32. The summed E-state index contributed by atoms with van der Waals surface area (Å²) in [6, 6.07) is 19.6. The van der Waals surface area contributed by atoms with Crippen LogP contribution in [0.1, 0.15) is 11.1 Å². The quantitative estimate of drug-likeness (QED) is 0.283. The molecule has 0 radical (unpaired) electrons. The summed E-state index contributed by atoms with van der Waals surface area (Å²) in [5, 5.41) is 1.11. The first-order chi connectivity index (χ1) is 16.4. The Hall–Kier alpha value is -2.64. The SMILES string of the molecule is O=C1S/C(=C\c2ccc(OCc3ccccc3Cl)c(Cl)c2)C(=O)N1CCOc1ccccc1Cl. The molecule has 0 atom stereocenters. The fourth-order valence-corrected chi connectivity index (χ4v) is 4.64. The molecule has 0 aliphatic carbocycles. The largest absolute Gasteiger partial charge is 0.490 e. The van der Waals surface area contributed by atoms with E-state index >= 15 is 0 Å². The highest BCUT2D eigenvalue weighted by Gasteiger charge is 2.34. The third kappa shape index (κ3) is 5.88. The van der Waals surface area contributed by atoms with E-state index in [1.165, 1.54) is 0 Å². The molecule has 0 aromatic heterocycles. The summed E-state index contributed by atoms with van der Waals surface area (Å²) in [6.07, 6.45) is 1.63. The number of carbonyl (C=O) groups excluding carboxylic acids is 2. The first kappa shape index (κ1) is 24.5. The van der Waals surface area contributed by atoms with E-state index in [1.54, 1.807) is 54.6 Å². The summed E-state index contributed by atoms with van der Waals surface area (Å²) in [5.74, 6) is 0.606. The average molecular weight is 535 g/mol. The number of imide groups is 1. The summed E-state index contributed by atoms with van der Waals surface area (Å²) < 4.78 is 11.4. The number of hydrogen-bond acceptors (Lipinski definition) is 5. The highest BCUT2D eigenvalue weighted by Crippen LogP contribution is 2.34. The second-order valence-corrected chi connectivity index (χ2v) is 9.40. The van der Waals surface area contributed by atoms with E-state index < -0.39 is 0 Å². The maximum Gasteiger partial charge on any atom is 0.293 e. The van der Waals surface area contributed by atoms with Gasteiger partial charge in [0.05, 0.1) is 21.5 Å². The molecule has 0 spiro atoms. The number of amides is 2. The van der Waals surface area contributed by atoms with Crippen molar-refractivity contribution in [2.45, 2.75) is 6.61 Å². The van der Waals surface area contributed by atoms with Gasteiger partial charge >= 0.3 is 0 Å². The van der Waals surface area contributed by atoms with Gasteiger partial charge in [-0.1, -0.05) is 71.2 Å². The Morgan fingerprint density at radius 3 is 2.26 bits per heavy atom. The third-order valence-electron chi connectivity index (χ3n) is 4.88. The number of para-hydroxylation sites is 1. The van der Waals surface area contributed by atoms with E-state index in [1.807, 2.05) is 18.2 Å². The molecule has 1 fully saturated rings. The standard InChI is InChI=1S/C25H18Cl3NO4S/c26-18-6-2-1-5-17(18)15-33-22-10-9-16(13-20(22)28)14-23-24(30)29(25(31)34-23)11-12-32-21-8-4-3-7-19(21)27/h1-10,13-14H,11-12,15H2/b23-14-. The number of halogens is 3. The van der Waals surface area contributed by atoms with Crippen molar-refractivity contribution in [3.05, 3.63) is 97.8 Å². The molecule has 3 aromatic carbocycles. The molecule has 0 saturated carbocycles. The van der Waals surface area contributed by atoms with Crippen molar-refractivity contribution in [1.29, 1.82) is 0 Å². The lowest BCUT2D eigenvalue weighted by atomic mass is 10.2. The van der Waals surface area contributed by atoms with Crippen molar-refractivity contribution >= 4 is 63.8 Å². The van der Waals surface area contributed by atoms with Crippen molar-refractivity contribution < 1.29 is 19.1 Å². The van der Waals surface area contributed by atoms with Gasteiger partial charge in [0.2, 0.25) is 0 Å². The Labute approximate surface area is 216 Å². The van der Waals surface area contributed by atoms with Gasteiger partial charge in [0, 0.05) is 10.6 Å². The summed E-state index contributed by atoms with van der Waals surface area (Å²) >= 11 is 19.5. The van der Waals surface area contributed by atoms with Crippen molar-refractivity contribution in [1.82, 2.24) is 4.90 Å². The zero-order valence-electron chi connectivity index (χ0n) is 17.7. The first-order valence-corrected chi connectivity index (χ1v) is 12.2. The molecule has 0 N–H and O–H groups in total. The summed E-state index contributed by atoms with van der Waals surface area (Å²) in [7, 11) is 0. The maximum absolute atomic E-state index is 12.7. The van der Waals surface area contributed by atoms with Crippen LogP contribution >= 0.6 is 46.6 Å². The average Bonchev–Trinajstić information content (AvgIpc) is 3.08. The molecule has 5 nitrogen and oxygen atoms in total. The van der Waals surface area contributed by atoms with Crippen molar-refractivity contribution in [2.24, 2.45) is 0 Å². The van der Waals surface area contributed by atoms with Crippen LogP contribution in [-0.4, -0.2) is 29.2 Å². The molecule has 0 unspecified atom stereocenters. The van der Waals surface area contributed by atoms with Crippen LogP contribution in [0.4, 0.5) is 4.79 Å². The fourth-order valence-electron chi connectivity index (χ4n) is 3.15.